The van der Waals surface area contributed by atoms with Gasteiger partial charge in [0.2, 0.25) is 0 Å². The number of piperazine rings is 1. The minimum atomic E-state index is 0.584. The third kappa shape index (κ3) is 3.05. The smallest absolute Gasteiger partial charge is 0.133 e. The van der Waals surface area contributed by atoms with Crippen molar-refractivity contribution in [1.29, 1.82) is 0 Å². The lowest BCUT2D eigenvalue weighted by Crippen LogP contribution is -2.53. The molecule has 1 aliphatic rings. The van der Waals surface area contributed by atoms with Gasteiger partial charge < -0.3 is 5.32 Å². The largest absolute Gasteiger partial charge is 0.311 e. The first-order valence-corrected chi connectivity index (χ1v) is 8.38. The van der Waals surface area contributed by atoms with E-state index in [1.165, 1.54) is 9.75 Å². The maximum Gasteiger partial charge on any atom is 0.133 e. The standard InChI is InChI=1S/C14H19N3S2/c1-10-8-17(11(2)6-15-10)9-12-7-16-14(19-12)13-4-3-5-18-13/h3-5,7,10-11,15H,6,8-9H2,1-2H3. The molecule has 102 valence electrons. The van der Waals surface area contributed by atoms with E-state index in [2.05, 4.69) is 46.6 Å². The van der Waals surface area contributed by atoms with Gasteiger partial charge in [-0.3, -0.25) is 4.90 Å². The Bertz CT molecular complexity index is 521. The summed E-state index contributed by atoms with van der Waals surface area (Å²) in [6.07, 6.45) is 2.04. The molecule has 0 spiro atoms. The van der Waals surface area contributed by atoms with Crippen molar-refractivity contribution in [2.75, 3.05) is 13.1 Å². The first kappa shape index (κ1) is 13.2. The summed E-state index contributed by atoms with van der Waals surface area (Å²) in [7, 11) is 0. The van der Waals surface area contributed by atoms with E-state index in [1.807, 2.05) is 17.5 Å². The Morgan fingerprint density at radius 3 is 3.16 bits per heavy atom. The lowest BCUT2D eigenvalue weighted by molar-refractivity contribution is 0.140. The van der Waals surface area contributed by atoms with Gasteiger partial charge in [0.25, 0.3) is 0 Å². The van der Waals surface area contributed by atoms with Gasteiger partial charge in [-0.05, 0) is 25.3 Å². The summed E-state index contributed by atoms with van der Waals surface area (Å²) in [4.78, 5) is 9.74. The Hall–Kier alpha value is -0.750. The topological polar surface area (TPSA) is 28.2 Å². The molecule has 0 aromatic carbocycles. The van der Waals surface area contributed by atoms with Crippen molar-refractivity contribution in [3.8, 4) is 9.88 Å². The van der Waals surface area contributed by atoms with Crippen LogP contribution in [0.1, 0.15) is 18.7 Å². The molecule has 1 saturated heterocycles. The number of hydrogen-bond acceptors (Lipinski definition) is 5. The molecular weight excluding hydrogens is 274 g/mol. The quantitative estimate of drug-likeness (QED) is 0.943. The number of nitrogens with zero attached hydrogens (tertiary/aromatic N) is 2. The maximum atomic E-state index is 4.55. The number of thiazole rings is 1. The number of hydrogen-bond donors (Lipinski definition) is 1. The average molecular weight is 293 g/mol. The van der Waals surface area contributed by atoms with Gasteiger partial charge in [0.05, 0.1) is 4.88 Å². The molecule has 5 heteroatoms. The fraction of sp³-hybridized carbons (Fsp3) is 0.500. The highest BCUT2D eigenvalue weighted by Crippen LogP contribution is 2.29. The minimum Gasteiger partial charge on any atom is -0.311 e. The van der Waals surface area contributed by atoms with Crippen LogP contribution in [-0.4, -0.2) is 35.1 Å². The Morgan fingerprint density at radius 2 is 2.37 bits per heavy atom. The van der Waals surface area contributed by atoms with Crippen molar-refractivity contribution in [2.45, 2.75) is 32.5 Å². The highest BCUT2D eigenvalue weighted by atomic mass is 32.1. The van der Waals surface area contributed by atoms with Gasteiger partial charge in [-0.15, -0.1) is 22.7 Å². The Labute approximate surface area is 122 Å². The number of thiophene rings is 1. The van der Waals surface area contributed by atoms with E-state index in [9.17, 15) is 0 Å². The third-order valence-corrected chi connectivity index (χ3v) is 5.56. The molecule has 19 heavy (non-hydrogen) atoms. The fourth-order valence-corrected chi connectivity index (χ4v) is 4.15. The molecular formula is C14H19N3S2. The van der Waals surface area contributed by atoms with E-state index < -0.39 is 0 Å². The van der Waals surface area contributed by atoms with Crippen LogP contribution < -0.4 is 5.32 Å². The summed E-state index contributed by atoms with van der Waals surface area (Å²) in [5.74, 6) is 0. The zero-order valence-electron chi connectivity index (χ0n) is 11.3. The second-order valence-corrected chi connectivity index (χ2v) is 7.26. The van der Waals surface area contributed by atoms with Crippen molar-refractivity contribution < 1.29 is 0 Å². The zero-order valence-corrected chi connectivity index (χ0v) is 12.9. The second kappa shape index (κ2) is 5.71. The van der Waals surface area contributed by atoms with Crippen LogP contribution in [0.15, 0.2) is 23.7 Å². The third-order valence-electron chi connectivity index (χ3n) is 3.54. The van der Waals surface area contributed by atoms with Crippen molar-refractivity contribution in [3.05, 3.63) is 28.6 Å². The van der Waals surface area contributed by atoms with Crippen molar-refractivity contribution in [2.24, 2.45) is 0 Å². The molecule has 0 aliphatic carbocycles. The SMILES string of the molecule is CC1CN(Cc2cnc(-c3cccs3)s2)C(C)CN1. The molecule has 2 aromatic heterocycles. The molecule has 0 saturated carbocycles. The van der Waals surface area contributed by atoms with E-state index >= 15 is 0 Å². The van der Waals surface area contributed by atoms with E-state index in [4.69, 9.17) is 0 Å². The molecule has 1 fully saturated rings. The van der Waals surface area contributed by atoms with Crippen molar-refractivity contribution >= 4 is 22.7 Å². The van der Waals surface area contributed by atoms with Crippen LogP contribution in [0.4, 0.5) is 0 Å². The first-order chi connectivity index (χ1) is 9.22. The number of aromatic nitrogens is 1. The number of rotatable bonds is 3. The summed E-state index contributed by atoms with van der Waals surface area (Å²) in [6, 6.07) is 5.41. The predicted molar refractivity (Wildman–Crippen MR) is 82.8 cm³/mol. The molecule has 1 N–H and O–H groups in total. The molecule has 3 rings (SSSR count). The highest BCUT2D eigenvalue weighted by Gasteiger charge is 2.22. The first-order valence-electron chi connectivity index (χ1n) is 6.68. The molecule has 2 unspecified atom stereocenters. The molecule has 1 aliphatic heterocycles. The van der Waals surface area contributed by atoms with E-state index in [-0.39, 0.29) is 0 Å². The second-order valence-electron chi connectivity index (χ2n) is 5.20. The lowest BCUT2D eigenvalue weighted by Gasteiger charge is -2.37. The summed E-state index contributed by atoms with van der Waals surface area (Å²) in [5, 5.41) is 6.78. The monoisotopic (exact) mass is 293 g/mol. The molecule has 2 aromatic rings. The van der Waals surface area contributed by atoms with Crippen LogP contribution in [0.3, 0.4) is 0 Å². The minimum absolute atomic E-state index is 0.584. The Morgan fingerprint density at radius 1 is 1.47 bits per heavy atom. The summed E-state index contributed by atoms with van der Waals surface area (Å²) >= 11 is 3.59. The Balaban J connectivity index is 1.70. The Kier molecular flexibility index (Phi) is 3.98. The van der Waals surface area contributed by atoms with E-state index in [1.54, 1.807) is 11.3 Å². The average Bonchev–Trinajstić information content (AvgIpc) is 3.04. The van der Waals surface area contributed by atoms with Gasteiger partial charge in [-0.1, -0.05) is 6.07 Å². The summed E-state index contributed by atoms with van der Waals surface area (Å²) < 4.78 is 0. The molecule has 0 bridgehead atoms. The summed E-state index contributed by atoms with van der Waals surface area (Å²) in [6.45, 7) is 7.77. The van der Waals surface area contributed by atoms with Gasteiger partial charge >= 0.3 is 0 Å². The van der Waals surface area contributed by atoms with Crippen LogP contribution in [-0.2, 0) is 6.54 Å². The van der Waals surface area contributed by atoms with Gasteiger partial charge in [-0.25, -0.2) is 4.98 Å². The van der Waals surface area contributed by atoms with Gasteiger partial charge in [0.15, 0.2) is 0 Å². The van der Waals surface area contributed by atoms with Crippen LogP contribution >= 0.6 is 22.7 Å². The molecule has 3 heterocycles. The van der Waals surface area contributed by atoms with Gasteiger partial charge in [-0.2, -0.15) is 0 Å². The molecule has 0 amide bonds. The van der Waals surface area contributed by atoms with E-state index in [0.717, 1.165) is 24.6 Å². The number of nitrogens with one attached hydrogen (secondary N) is 1. The van der Waals surface area contributed by atoms with Gasteiger partial charge in [0, 0.05) is 42.8 Å². The lowest BCUT2D eigenvalue weighted by atomic mass is 10.1. The molecule has 2 atom stereocenters. The zero-order chi connectivity index (χ0) is 13.2. The van der Waals surface area contributed by atoms with Crippen molar-refractivity contribution in [3.63, 3.8) is 0 Å². The predicted octanol–water partition coefficient (Wildman–Crippen LogP) is 3.05. The van der Waals surface area contributed by atoms with Crippen LogP contribution in [0.2, 0.25) is 0 Å². The van der Waals surface area contributed by atoms with E-state index in [0.29, 0.717) is 12.1 Å². The molecule has 0 radical (unpaired) electrons. The van der Waals surface area contributed by atoms with Crippen molar-refractivity contribution in [1.82, 2.24) is 15.2 Å². The van der Waals surface area contributed by atoms with Crippen LogP contribution in [0, 0.1) is 0 Å². The van der Waals surface area contributed by atoms with Crippen LogP contribution in [0.25, 0.3) is 9.88 Å². The highest BCUT2D eigenvalue weighted by molar-refractivity contribution is 7.20. The fourth-order valence-electron chi connectivity index (χ4n) is 2.41. The maximum absolute atomic E-state index is 4.55. The van der Waals surface area contributed by atoms with Gasteiger partial charge in [0.1, 0.15) is 5.01 Å². The summed E-state index contributed by atoms with van der Waals surface area (Å²) in [5.41, 5.74) is 0. The normalized spacial score (nSPS) is 24.7. The molecule has 3 nitrogen and oxygen atoms in total. The van der Waals surface area contributed by atoms with Crippen LogP contribution in [0.5, 0.6) is 0 Å².